The van der Waals surface area contributed by atoms with Gasteiger partial charge in [0.1, 0.15) is 0 Å². The normalized spacial score (nSPS) is 23.8. The topological polar surface area (TPSA) is 32.3 Å². The fourth-order valence-corrected chi connectivity index (χ4v) is 4.17. The van der Waals surface area contributed by atoms with Crippen LogP contribution in [0.1, 0.15) is 43.2 Å². The molecule has 22 heavy (non-hydrogen) atoms. The molecule has 1 spiro atoms. The van der Waals surface area contributed by atoms with E-state index in [0.29, 0.717) is 12.3 Å². The van der Waals surface area contributed by atoms with Gasteiger partial charge < -0.3 is 10.2 Å². The number of fused-ring (bicyclic) bond motifs is 2. The first-order valence-electron chi connectivity index (χ1n) is 8.26. The number of piperidine rings is 1. The zero-order valence-corrected chi connectivity index (χ0v) is 14.3. The molecule has 0 bridgehead atoms. The van der Waals surface area contributed by atoms with Crippen LogP contribution in [0.2, 0.25) is 0 Å². The quantitative estimate of drug-likeness (QED) is 0.928. The van der Waals surface area contributed by atoms with E-state index in [1.807, 2.05) is 7.05 Å². The van der Waals surface area contributed by atoms with E-state index in [2.05, 4.69) is 34.5 Å². The number of hydrogen-bond acceptors (Lipinski definition) is 2. The van der Waals surface area contributed by atoms with Gasteiger partial charge in [0.2, 0.25) is 5.91 Å². The maximum atomic E-state index is 12.4. The molecule has 1 N–H and O–H groups in total. The number of amides is 1. The number of hydrogen-bond donors (Lipinski definition) is 1. The molecule has 1 saturated heterocycles. The Morgan fingerprint density at radius 2 is 2.05 bits per heavy atom. The molecule has 1 heterocycles. The fraction of sp³-hybridized carbons (Fsp3) is 0.611. The number of likely N-dealkylation sites (tertiary alicyclic amines) is 1. The number of benzene rings is 1. The number of halogens is 1. The Morgan fingerprint density at radius 1 is 1.27 bits per heavy atom. The van der Waals surface area contributed by atoms with Gasteiger partial charge in [-0.3, -0.25) is 4.79 Å². The maximum absolute atomic E-state index is 12.4. The molecule has 122 valence electrons. The molecule has 1 amide bonds. The lowest BCUT2D eigenvalue weighted by Crippen LogP contribution is -2.50. The molecule has 4 heteroatoms. The Bertz CT molecular complexity index is 520. The lowest BCUT2D eigenvalue weighted by molar-refractivity contribution is -0.133. The van der Waals surface area contributed by atoms with Crippen molar-refractivity contribution < 1.29 is 4.79 Å². The van der Waals surface area contributed by atoms with Crippen LogP contribution in [0.4, 0.5) is 0 Å². The highest BCUT2D eigenvalue weighted by Crippen LogP contribution is 2.43. The first-order valence-corrected chi connectivity index (χ1v) is 8.26. The van der Waals surface area contributed by atoms with E-state index in [0.717, 1.165) is 26.1 Å². The van der Waals surface area contributed by atoms with Gasteiger partial charge in [-0.15, -0.1) is 12.4 Å². The van der Waals surface area contributed by atoms with Gasteiger partial charge in [-0.05, 0) is 50.3 Å². The predicted octanol–water partition coefficient (Wildman–Crippen LogP) is 2.91. The summed E-state index contributed by atoms with van der Waals surface area (Å²) in [6.45, 7) is 2.64. The van der Waals surface area contributed by atoms with Gasteiger partial charge >= 0.3 is 0 Å². The molecule has 1 aliphatic heterocycles. The summed E-state index contributed by atoms with van der Waals surface area (Å²) in [4.78, 5) is 14.5. The molecule has 3 rings (SSSR count). The van der Waals surface area contributed by atoms with Crippen LogP contribution >= 0.6 is 12.4 Å². The maximum Gasteiger partial charge on any atom is 0.223 e. The lowest BCUT2D eigenvalue weighted by atomic mass is 9.66. The molecule has 2 aliphatic rings. The van der Waals surface area contributed by atoms with E-state index in [1.54, 1.807) is 0 Å². The molecule has 1 unspecified atom stereocenters. The van der Waals surface area contributed by atoms with E-state index in [1.165, 1.54) is 36.8 Å². The molecule has 0 saturated carbocycles. The highest BCUT2D eigenvalue weighted by Gasteiger charge is 2.40. The largest absolute Gasteiger partial charge is 0.342 e. The number of rotatable bonds is 3. The van der Waals surface area contributed by atoms with E-state index in [9.17, 15) is 4.79 Å². The van der Waals surface area contributed by atoms with Crippen LogP contribution in [0, 0.1) is 0 Å². The zero-order chi connectivity index (χ0) is 14.7. The Hall–Kier alpha value is -1.06. The van der Waals surface area contributed by atoms with E-state index in [-0.39, 0.29) is 17.8 Å². The minimum Gasteiger partial charge on any atom is -0.342 e. The first-order chi connectivity index (χ1) is 10.2. The van der Waals surface area contributed by atoms with Crippen molar-refractivity contribution in [2.75, 3.05) is 26.7 Å². The van der Waals surface area contributed by atoms with E-state index in [4.69, 9.17) is 0 Å². The minimum absolute atomic E-state index is 0. The van der Waals surface area contributed by atoms with Crippen LogP contribution in [-0.2, 0) is 16.6 Å². The smallest absolute Gasteiger partial charge is 0.223 e. The van der Waals surface area contributed by atoms with Crippen LogP contribution in [0.25, 0.3) is 0 Å². The number of carbonyl (C=O) groups excluding carboxylic acids is 1. The minimum atomic E-state index is 0. The molecule has 3 nitrogen and oxygen atoms in total. The van der Waals surface area contributed by atoms with Gasteiger partial charge in [0.15, 0.2) is 0 Å². The van der Waals surface area contributed by atoms with Gasteiger partial charge in [-0.25, -0.2) is 0 Å². The molecular weight excluding hydrogens is 296 g/mol. The van der Waals surface area contributed by atoms with Crippen LogP contribution in [0.3, 0.4) is 0 Å². The molecule has 1 aliphatic carbocycles. The summed E-state index contributed by atoms with van der Waals surface area (Å²) in [6, 6.07) is 8.89. The summed E-state index contributed by atoms with van der Waals surface area (Å²) in [5.41, 5.74) is 3.25. The van der Waals surface area contributed by atoms with Crippen molar-refractivity contribution in [3.8, 4) is 0 Å². The van der Waals surface area contributed by atoms with Crippen LogP contribution in [-0.4, -0.2) is 37.5 Å². The molecule has 0 aromatic heterocycles. The Morgan fingerprint density at radius 3 is 2.86 bits per heavy atom. The highest BCUT2D eigenvalue weighted by molar-refractivity contribution is 5.85. The standard InChI is InChI=1S/C18H26N2O.ClH/c1-19-12-9-17(21)20-13-5-11-18(14-20)10-4-7-15-6-2-3-8-16(15)18;/h2-3,6,8,19H,4-5,7,9-14H2,1H3;1H. The van der Waals surface area contributed by atoms with E-state index >= 15 is 0 Å². The lowest BCUT2D eigenvalue weighted by Gasteiger charge is -2.46. The Labute approximate surface area is 139 Å². The SMILES string of the molecule is CNCCC(=O)N1CCCC2(CCCc3ccccc32)C1.Cl. The van der Waals surface area contributed by atoms with Crippen LogP contribution < -0.4 is 5.32 Å². The molecule has 1 aromatic rings. The van der Waals surface area contributed by atoms with Crippen molar-refractivity contribution in [3.05, 3.63) is 35.4 Å². The van der Waals surface area contributed by atoms with Crippen molar-refractivity contribution >= 4 is 18.3 Å². The van der Waals surface area contributed by atoms with Gasteiger partial charge in [-0.1, -0.05) is 24.3 Å². The summed E-state index contributed by atoms with van der Waals surface area (Å²) >= 11 is 0. The second kappa shape index (κ2) is 7.47. The number of carbonyl (C=O) groups is 1. The monoisotopic (exact) mass is 322 g/mol. The predicted molar refractivity (Wildman–Crippen MR) is 92.7 cm³/mol. The summed E-state index contributed by atoms with van der Waals surface area (Å²) in [6.07, 6.45) is 6.69. The third-order valence-corrected chi connectivity index (χ3v) is 5.21. The summed E-state index contributed by atoms with van der Waals surface area (Å²) in [7, 11) is 1.91. The average molecular weight is 323 g/mol. The summed E-state index contributed by atoms with van der Waals surface area (Å²) < 4.78 is 0. The van der Waals surface area contributed by atoms with Crippen molar-refractivity contribution in [2.24, 2.45) is 0 Å². The molecule has 1 fully saturated rings. The van der Waals surface area contributed by atoms with Crippen LogP contribution in [0.5, 0.6) is 0 Å². The molecule has 1 atom stereocenters. The third-order valence-electron chi connectivity index (χ3n) is 5.21. The van der Waals surface area contributed by atoms with Crippen molar-refractivity contribution in [1.29, 1.82) is 0 Å². The van der Waals surface area contributed by atoms with Crippen LogP contribution in [0.15, 0.2) is 24.3 Å². The third kappa shape index (κ3) is 3.31. The molecule has 0 radical (unpaired) electrons. The summed E-state index contributed by atoms with van der Waals surface area (Å²) in [5.74, 6) is 0.312. The van der Waals surface area contributed by atoms with Gasteiger partial charge in [-0.2, -0.15) is 0 Å². The van der Waals surface area contributed by atoms with Crippen molar-refractivity contribution in [2.45, 2.75) is 43.9 Å². The van der Waals surface area contributed by atoms with E-state index < -0.39 is 0 Å². The number of nitrogens with zero attached hydrogens (tertiary/aromatic N) is 1. The highest BCUT2D eigenvalue weighted by atomic mass is 35.5. The second-order valence-electron chi connectivity index (χ2n) is 6.56. The summed E-state index contributed by atoms with van der Waals surface area (Å²) in [5, 5.41) is 3.08. The fourth-order valence-electron chi connectivity index (χ4n) is 4.17. The zero-order valence-electron chi connectivity index (χ0n) is 13.4. The van der Waals surface area contributed by atoms with Gasteiger partial charge in [0, 0.05) is 31.5 Å². The molecular formula is C18H27ClN2O. The molecule has 1 aromatic carbocycles. The van der Waals surface area contributed by atoms with Crippen molar-refractivity contribution in [3.63, 3.8) is 0 Å². The van der Waals surface area contributed by atoms with Crippen molar-refractivity contribution in [1.82, 2.24) is 10.2 Å². The first kappa shape index (κ1) is 17.3. The average Bonchev–Trinajstić information content (AvgIpc) is 2.53. The number of nitrogens with one attached hydrogen (secondary N) is 1. The van der Waals surface area contributed by atoms with Gasteiger partial charge in [0.25, 0.3) is 0 Å². The Kier molecular flexibility index (Phi) is 5.87. The Balaban J connectivity index is 0.00000176. The number of aryl methyl sites for hydroxylation is 1. The van der Waals surface area contributed by atoms with Gasteiger partial charge in [0.05, 0.1) is 0 Å². The second-order valence-corrected chi connectivity index (χ2v) is 6.56.